The maximum Gasteiger partial charge on any atom is 0.253 e. The van der Waals surface area contributed by atoms with Crippen molar-refractivity contribution < 1.29 is 0 Å². The van der Waals surface area contributed by atoms with E-state index in [4.69, 9.17) is 0 Å². The molecule has 0 spiro atoms. The molecule has 0 fully saturated rings. The van der Waals surface area contributed by atoms with Gasteiger partial charge in [0, 0.05) is 26.7 Å². The first-order valence-corrected chi connectivity index (χ1v) is 10.5. The van der Waals surface area contributed by atoms with E-state index < -0.39 is 0 Å². The number of nitrogens with zero attached hydrogens (tertiary/aromatic N) is 2. The van der Waals surface area contributed by atoms with Crippen LogP contribution in [0.1, 0.15) is 71.6 Å². The molecule has 1 rings (SSSR count). The molecule has 0 aliphatic heterocycles. The third kappa shape index (κ3) is 7.48. The summed E-state index contributed by atoms with van der Waals surface area (Å²) < 4.78 is 0. The Morgan fingerprint density at radius 3 is 2.00 bits per heavy atom. The van der Waals surface area contributed by atoms with E-state index in [1.807, 2.05) is 11.9 Å². The van der Waals surface area contributed by atoms with Gasteiger partial charge >= 0.3 is 0 Å². The predicted octanol–water partition coefficient (Wildman–Crippen LogP) is 3.61. The van der Waals surface area contributed by atoms with Crippen molar-refractivity contribution in [2.45, 2.75) is 71.6 Å². The van der Waals surface area contributed by atoms with E-state index in [9.17, 15) is 9.59 Å². The summed E-state index contributed by atoms with van der Waals surface area (Å²) in [6.07, 6.45) is 11.2. The zero-order chi connectivity index (χ0) is 19.4. The van der Waals surface area contributed by atoms with Gasteiger partial charge in [0.25, 0.3) is 10.9 Å². The highest BCUT2D eigenvalue weighted by Gasteiger charge is 2.23. The molecule has 0 radical (unpaired) electrons. The monoisotopic (exact) mass is 365 g/mol. The third-order valence-corrected chi connectivity index (χ3v) is 5.05. The maximum absolute atomic E-state index is 11.9. The summed E-state index contributed by atoms with van der Waals surface area (Å²) in [5.74, 6) is 0. The van der Waals surface area contributed by atoms with Gasteiger partial charge in [-0.15, -0.1) is 0 Å². The van der Waals surface area contributed by atoms with Crippen molar-refractivity contribution >= 4 is 11.4 Å². The van der Waals surface area contributed by atoms with E-state index in [0.29, 0.717) is 17.9 Å². The predicted molar refractivity (Wildman–Crippen MR) is 114 cm³/mol. The minimum Gasteiger partial charge on any atom is -0.379 e. The smallest absolute Gasteiger partial charge is 0.253 e. The van der Waals surface area contributed by atoms with Crippen molar-refractivity contribution in [3.63, 3.8) is 0 Å². The van der Waals surface area contributed by atoms with Gasteiger partial charge < -0.3 is 15.1 Å². The first kappa shape index (κ1) is 22.7. The fourth-order valence-electron chi connectivity index (χ4n) is 3.26. The second kappa shape index (κ2) is 12.9. The minimum atomic E-state index is -0.360. The first-order chi connectivity index (χ1) is 12.5. The Bertz CT molecular complexity index is 564. The molecule has 150 valence electrons. The summed E-state index contributed by atoms with van der Waals surface area (Å²) in [5, 5.41) is 3.20. The van der Waals surface area contributed by atoms with Crippen molar-refractivity contribution in [2.75, 3.05) is 50.5 Å². The highest BCUT2D eigenvalue weighted by atomic mass is 16.2. The van der Waals surface area contributed by atoms with E-state index in [0.717, 1.165) is 38.9 Å². The van der Waals surface area contributed by atoms with Crippen LogP contribution < -0.4 is 21.1 Å². The zero-order valence-electron chi connectivity index (χ0n) is 17.4. The van der Waals surface area contributed by atoms with Crippen LogP contribution in [0.2, 0.25) is 0 Å². The average Bonchev–Trinajstić information content (AvgIpc) is 2.63. The lowest BCUT2D eigenvalue weighted by Gasteiger charge is -2.24. The van der Waals surface area contributed by atoms with Crippen molar-refractivity contribution in [3.05, 3.63) is 20.4 Å². The second-order valence-electron chi connectivity index (χ2n) is 7.51. The van der Waals surface area contributed by atoms with E-state index in [1.165, 1.54) is 38.5 Å². The average molecular weight is 366 g/mol. The van der Waals surface area contributed by atoms with Crippen LogP contribution in [0.15, 0.2) is 9.59 Å². The van der Waals surface area contributed by atoms with Gasteiger partial charge in [-0.25, -0.2) is 0 Å². The molecule has 0 bridgehead atoms. The van der Waals surface area contributed by atoms with Gasteiger partial charge in [-0.1, -0.05) is 58.8 Å². The van der Waals surface area contributed by atoms with E-state index >= 15 is 0 Å². The van der Waals surface area contributed by atoms with Crippen LogP contribution in [-0.4, -0.2) is 45.2 Å². The minimum absolute atomic E-state index is 0.341. The Balaban J connectivity index is 2.29. The van der Waals surface area contributed by atoms with Crippen molar-refractivity contribution in [2.24, 2.45) is 0 Å². The standard InChI is InChI=1S/C21H39N3O2/c1-5-7-9-10-11-13-15-23(3)17-14-22-18-19(21(26)20(18)25)24(4)16-12-8-6-2/h22H,5-17H2,1-4H3. The lowest BCUT2D eigenvalue weighted by Crippen LogP contribution is -2.42. The van der Waals surface area contributed by atoms with Crippen LogP contribution in [0.3, 0.4) is 0 Å². The van der Waals surface area contributed by atoms with Crippen molar-refractivity contribution in [1.82, 2.24) is 4.90 Å². The highest BCUT2D eigenvalue weighted by Crippen LogP contribution is 2.19. The molecule has 0 heterocycles. The number of unbranched alkanes of at least 4 members (excludes halogenated alkanes) is 7. The molecule has 5 heteroatoms. The number of nitrogens with one attached hydrogen (secondary N) is 1. The Hall–Kier alpha value is -1.36. The number of hydrogen-bond donors (Lipinski definition) is 1. The molecule has 0 unspecified atom stereocenters. The Morgan fingerprint density at radius 1 is 0.731 bits per heavy atom. The van der Waals surface area contributed by atoms with Crippen LogP contribution in [0.25, 0.3) is 0 Å². The fourth-order valence-corrected chi connectivity index (χ4v) is 3.26. The summed E-state index contributed by atoms with van der Waals surface area (Å²) in [5.41, 5.74) is 0.388. The van der Waals surface area contributed by atoms with Crippen LogP contribution in [0.4, 0.5) is 11.4 Å². The number of likely N-dealkylation sites (N-methyl/N-ethyl adjacent to an activating group) is 1. The zero-order valence-corrected chi connectivity index (χ0v) is 17.4. The summed E-state index contributed by atoms with van der Waals surface area (Å²) in [7, 11) is 4.02. The molecule has 0 amide bonds. The van der Waals surface area contributed by atoms with E-state index in [1.54, 1.807) is 0 Å². The quantitative estimate of drug-likeness (QED) is 0.358. The van der Waals surface area contributed by atoms with Gasteiger partial charge in [-0.2, -0.15) is 0 Å². The van der Waals surface area contributed by atoms with E-state index in [2.05, 4.69) is 31.1 Å². The van der Waals surface area contributed by atoms with Gasteiger partial charge in [0.1, 0.15) is 11.4 Å². The molecule has 0 aromatic heterocycles. The van der Waals surface area contributed by atoms with Gasteiger partial charge in [-0.05, 0) is 26.4 Å². The van der Waals surface area contributed by atoms with Gasteiger partial charge in [0.05, 0.1) is 0 Å². The topological polar surface area (TPSA) is 52.6 Å². The number of anilines is 2. The molecule has 0 saturated heterocycles. The SMILES string of the molecule is CCCCCCCCN(C)CCNc1c(N(C)CCCCC)c(=O)c1=O. The van der Waals surface area contributed by atoms with Crippen LogP contribution in [-0.2, 0) is 0 Å². The lowest BCUT2D eigenvalue weighted by molar-refractivity contribution is 0.335. The molecule has 5 nitrogen and oxygen atoms in total. The molecule has 0 saturated carbocycles. The highest BCUT2D eigenvalue weighted by molar-refractivity contribution is 5.74. The molecule has 1 aromatic carbocycles. The summed E-state index contributed by atoms with van der Waals surface area (Å²) >= 11 is 0. The molecule has 0 aliphatic rings. The number of hydrogen-bond acceptors (Lipinski definition) is 5. The van der Waals surface area contributed by atoms with Gasteiger partial charge in [-0.3, -0.25) is 9.59 Å². The number of rotatable bonds is 16. The third-order valence-electron chi connectivity index (χ3n) is 5.05. The lowest BCUT2D eigenvalue weighted by atomic mass is 10.1. The maximum atomic E-state index is 11.9. The van der Waals surface area contributed by atoms with Crippen LogP contribution in [0.5, 0.6) is 0 Å². The molecule has 1 N–H and O–H groups in total. The molecular weight excluding hydrogens is 326 g/mol. The summed E-state index contributed by atoms with van der Waals surface area (Å²) in [4.78, 5) is 28.0. The molecule has 0 atom stereocenters. The Morgan fingerprint density at radius 2 is 1.31 bits per heavy atom. The summed E-state index contributed by atoms with van der Waals surface area (Å²) in [6, 6.07) is 0. The van der Waals surface area contributed by atoms with Crippen molar-refractivity contribution in [3.8, 4) is 0 Å². The molecule has 26 heavy (non-hydrogen) atoms. The fraction of sp³-hybridized carbons (Fsp3) is 0.810. The molecular formula is C21H39N3O2. The Labute approximate surface area is 159 Å². The molecule has 0 aliphatic carbocycles. The van der Waals surface area contributed by atoms with Crippen LogP contribution in [0, 0.1) is 0 Å². The van der Waals surface area contributed by atoms with E-state index in [-0.39, 0.29) is 10.9 Å². The van der Waals surface area contributed by atoms with Crippen LogP contribution >= 0.6 is 0 Å². The molecule has 1 aromatic rings. The first-order valence-electron chi connectivity index (χ1n) is 10.5. The second-order valence-corrected chi connectivity index (χ2v) is 7.51. The Kier molecular flexibility index (Phi) is 11.3. The van der Waals surface area contributed by atoms with Gasteiger partial charge in [0.2, 0.25) is 0 Å². The van der Waals surface area contributed by atoms with Gasteiger partial charge in [0.15, 0.2) is 0 Å². The largest absolute Gasteiger partial charge is 0.379 e. The normalized spacial score (nSPS) is 11.4. The van der Waals surface area contributed by atoms with Crippen molar-refractivity contribution in [1.29, 1.82) is 0 Å². The summed E-state index contributed by atoms with van der Waals surface area (Å²) in [6.45, 7) is 7.89.